The third-order valence-corrected chi connectivity index (χ3v) is 3.36. The summed E-state index contributed by atoms with van der Waals surface area (Å²) in [7, 11) is 0. The Bertz CT molecular complexity index is 393. The number of morpholine rings is 1. The fraction of sp³-hybridized carbons (Fsp3) is 0.500. The number of quaternary nitrogens is 1. The van der Waals surface area contributed by atoms with Crippen molar-refractivity contribution >= 4 is 17.8 Å². The van der Waals surface area contributed by atoms with Gasteiger partial charge in [0.25, 0.3) is 0 Å². The van der Waals surface area contributed by atoms with Crippen LogP contribution in [0.3, 0.4) is 0 Å². The number of oxime groups is 1. The standard InChI is InChI=1S/C14H19ClN2O2.ClH/c15-14-4-2-13(3-5-14)12-16-19-9-1-6-17-7-10-18-11-8-17;/h2-5,12H,1,6-11H2;1H/b16-12+;. The molecule has 1 aliphatic heterocycles. The number of hydrogen-bond donors (Lipinski definition) is 1. The third-order valence-electron chi connectivity index (χ3n) is 3.11. The second-order valence-corrected chi connectivity index (χ2v) is 5.02. The van der Waals surface area contributed by atoms with Crippen molar-refractivity contribution in [2.75, 3.05) is 39.5 Å². The molecule has 0 amide bonds. The highest BCUT2D eigenvalue weighted by atomic mass is 35.5. The Hall–Kier alpha value is -0.810. The van der Waals surface area contributed by atoms with Gasteiger partial charge in [0, 0.05) is 11.4 Å². The number of ether oxygens (including phenoxy) is 1. The van der Waals surface area contributed by atoms with Gasteiger partial charge in [0.2, 0.25) is 0 Å². The molecule has 0 radical (unpaired) electrons. The van der Waals surface area contributed by atoms with Crippen LogP contribution in [0.5, 0.6) is 0 Å². The molecule has 0 aliphatic carbocycles. The zero-order chi connectivity index (χ0) is 13.3. The molecule has 4 nitrogen and oxygen atoms in total. The lowest BCUT2D eigenvalue weighted by atomic mass is 10.2. The van der Waals surface area contributed by atoms with Crippen LogP contribution in [-0.2, 0) is 9.57 Å². The molecule has 0 aromatic heterocycles. The summed E-state index contributed by atoms with van der Waals surface area (Å²) < 4.78 is 5.32. The van der Waals surface area contributed by atoms with Crippen molar-refractivity contribution in [3.05, 3.63) is 34.9 Å². The predicted molar refractivity (Wildman–Crippen MR) is 76.0 cm³/mol. The van der Waals surface area contributed by atoms with Crippen molar-refractivity contribution in [3.63, 3.8) is 0 Å². The highest BCUT2D eigenvalue weighted by Crippen LogP contribution is 2.07. The van der Waals surface area contributed by atoms with Gasteiger partial charge in [-0.2, -0.15) is 0 Å². The molecule has 0 saturated carbocycles. The Labute approximate surface area is 131 Å². The highest BCUT2D eigenvalue weighted by Gasteiger charge is 2.12. The van der Waals surface area contributed by atoms with Crippen molar-refractivity contribution in [1.82, 2.24) is 0 Å². The molecular formula is C14H20Cl2N2O2. The third kappa shape index (κ3) is 6.57. The molecule has 1 aromatic rings. The number of halogens is 2. The quantitative estimate of drug-likeness (QED) is 0.374. The monoisotopic (exact) mass is 318 g/mol. The van der Waals surface area contributed by atoms with E-state index in [1.807, 2.05) is 24.3 Å². The molecule has 1 aliphatic rings. The molecule has 0 spiro atoms. The molecule has 20 heavy (non-hydrogen) atoms. The van der Waals surface area contributed by atoms with E-state index in [4.69, 9.17) is 21.2 Å². The minimum absolute atomic E-state index is 0. The molecule has 1 N–H and O–H groups in total. The lowest BCUT2D eigenvalue weighted by Gasteiger charge is -2.23. The van der Waals surface area contributed by atoms with Gasteiger partial charge in [-0.3, -0.25) is 0 Å². The Balaban J connectivity index is 0.00000200. The summed E-state index contributed by atoms with van der Waals surface area (Å²) in [4.78, 5) is 6.84. The van der Waals surface area contributed by atoms with Gasteiger partial charge in [-0.05, 0) is 17.7 Å². The normalized spacial score (nSPS) is 16.1. The second kappa shape index (κ2) is 10.00. The van der Waals surface area contributed by atoms with Crippen molar-refractivity contribution < 1.29 is 26.9 Å². The maximum atomic E-state index is 5.80. The van der Waals surface area contributed by atoms with Crippen molar-refractivity contribution in [2.24, 2.45) is 5.16 Å². The van der Waals surface area contributed by atoms with E-state index in [9.17, 15) is 0 Å². The molecule has 1 heterocycles. The number of nitrogens with zero attached hydrogens (tertiary/aromatic N) is 1. The SMILES string of the molecule is Clc1ccc(/C=N/OCCC[NH+]2CCOCC2)cc1.[Cl-]. The van der Waals surface area contributed by atoms with Crippen molar-refractivity contribution in [1.29, 1.82) is 0 Å². The predicted octanol–water partition coefficient (Wildman–Crippen LogP) is -2.00. The number of nitrogens with one attached hydrogen (secondary N) is 1. The molecule has 1 aromatic carbocycles. The lowest BCUT2D eigenvalue weighted by Crippen LogP contribution is -3.14. The van der Waals surface area contributed by atoms with E-state index in [1.54, 1.807) is 11.1 Å². The van der Waals surface area contributed by atoms with Crippen LogP contribution in [0.4, 0.5) is 0 Å². The molecular weight excluding hydrogens is 299 g/mol. The summed E-state index contributed by atoms with van der Waals surface area (Å²) in [6, 6.07) is 7.50. The van der Waals surface area contributed by atoms with Crippen LogP contribution < -0.4 is 17.3 Å². The largest absolute Gasteiger partial charge is 1.00 e. The fourth-order valence-corrected chi connectivity index (χ4v) is 2.12. The van der Waals surface area contributed by atoms with E-state index >= 15 is 0 Å². The summed E-state index contributed by atoms with van der Waals surface area (Å²) in [5.41, 5.74) is 0.989. The Morgan fingerprint density at radius 3 is 2.65 bits per heavy atom. The van der Waals surface area contributed by atoms with Gasteiger partial charge in [-0.15, -0.1) is 0 Å². The van der Waals surface area contributed by atoms with Crippen LogP contribution in [0.25, 0.3) is 0 Å². The first-order valence-electron chi connectivity index (χ1n) is 6.67. The molecule has 112 valence electrons. The first kappa shape index (κ1) is 17.2. The zero-order valence-electron chi connectivity index (χ0n) is 11.4. The van der Waals surface area contributed by atoms with Gasteiger partial charge in [0.05, 0.1) is 26.0 Å². The molecule has 6 heteroatoms. The topological polar surface area (TPSA) is 35.3 Å². The fourth-order valence-electron chi connectivity index (χ4n) is 2.00. The number of rotatable bonds is 6. The second-order valence-electron chi connectivity index (χ2n) is 4.59. The van der Waals surface area contributed by atoms with Gasteiger partial charge in [0.1, 0.15) is 19.7 Å². The first-order chi connectivity index (χ1) is 9.34. The Morgan fingerprint density at radius 1 is 1.25 bits per heavy atom. The van der Waals surface area contributed by atoms with E-state index < -0.39 is 0 Å². The first-order valence-corrected chi connectivity index (χ1v) is 7.04. The lowest BCUT2D eigenvalue weighted by molar-refractivity contribution is -0.908. The smallest absolute Gasteiger partial charge is 0.122 e. The Morgan fingerprint density at radius 2 is 1.95 bits per heavy atom. The van der Waals surface area contributed by atoms with Crippen LogP contribution in [0.15, 0.2) is 29.4 Å². The van der Waals surface area contributed by atoms with Crippen LogP contribution in [0.1, 0.15) is 12.0 Å². The minimum Gasteiger partial charge on any atom is -1.00 e. The zero-order valence-corrected chi connectivity index (χ0v) is 12.9. The summed E-state index contributed by atoms with van der Waals surface area (Å²) in [6.45, 7) is 5.76. The average Bonchev–Trinajstić information content (AvgIpc) is 2.46. The molecule has 2 rings (SSSR count). The summed E-state index contributed by atoms with van der Waals surface area (Å²) in [5, 5.41) is 4.68. The minimum atomic E-state index is 0. The maximum absolute atomic E-state index is 5.80. The van der Waals surface area contributed by atoms with Crippen LogP contribution in [0, 0.1) is 0 Å². The van der Waals surface area contributed by atoms with Gasteiger partial charge < -0.3 is 26.9 Å². The number of hydrogen-bond acceptors (Lipinski definition) is 3. The number of benzene rings is 1. The van der Waals surface area contributed by atoms with Gasteiger partial charge in [-0.1, -0.05) is 28.9 Å². The average molecular weight is 319 g/mol. The maximum Gasteiger partial charge on any atom is 0.122 e. The van der Waals surface area contributed by atoms with Crippen LogP contribution in [-0.4, -0.2) is 45.7 Å². The summed E-state index contributed by atoms with van der Waals surface area (Å²) >= 11 is 5.80. The van der Waals surface area contributed by atoms with Crippen molar-refractivity contribution in [3.8, 4) is 0 Å². The molecule has 0 atom stereocenters. The van der Waals surface area contributed by atoms with E-state index in [2.05, 4.69) is 5.16 Å². The van der Waals surface area contributed by atoms with Crippen LogP contribution in [0.2, 0.25) is 5.02 Å². The molecule has 0 unspecified atom stereocenters. The van der Waals surface area contributed by atoms with Gasteiger partial charge in [-0.25, -0.2) is 0 Å². The van der Waals surface area contributed by atoms with Gasteiger partial charge >= 0.3 is 0 Å². The Kier molecular flexibility index (Phi) is 8.62. The van der Waals surface area contributed by atoms with E-state index in [1.165, 1.54) is 0 Å². The van der Waals surface area contributed by atoms with Crippen LogP contribution >= 0.6 is 11.6 Å². The molecule has 1 saturated heterocycles. The van der Waals surface area contributed by atoms with E-state index in [0.29, 0.717) is 6.61 Å². The van der Waals surface area contributed by atoms with Crippen molar-refractivity contribution in [2.45, 2.75) is 6.42 Å². The van der Waals surface area contributed by atoms with Gasteiger partial charge in [0.15, 0.2) is 0 Å². The molecule has 1 fully saturated rings. The van der Waals surface area contributed by atoms with E-state index in [-0.39, 0.29) is 12.4 Å². The van der Waals surface area contributed by atoms with E-state index in [0.717, 1.165) is 49.9 Å². The molecule has 0 bridgehead atoms. The summed E-state index contributed by atoms with van der Waals surface area (Å²) in [6.07, 6.45) is 2.73. The highest BCUT2D eigenvalue weighted by molar-refractivity contribution is 6.30. The summed E-state index contributed by atoms with van der Waals surface area (Å²) in [5.74, 6) is 0.